The number of alkyl halides is 1. The molecule has 0 amide bonds. The van der Waals surface area contributed by atoms with Gasteiger partial charge >= 0.3 is 58.2 Å². The van der Waals surface area contributed by atoms with E-state index in [1.165, 1.54) is 25.7 Å². The van der Waals surface area contributed by atoms with Gasteiger partial charge in [0.05, 0.1) is 0 Å². The van der Waals surface area contributed by atoms with Crippen molar-refractivity contribution in [3.8, 4) is 0 Å². The van der Waals surface area contributed by atoms with Crippen LogP contribution in [-0.4, -0.2) is 3.92 Å². The standard InChI is InChI=1S/C6H10I.Rb/c7-6-4-2-1-3-5-6;/h1,6H,2-5H2;/q-1;+1. The van der Waals surface area contributed by atoms with Crippen LogP contribution in [0.25, 0.3) is 0 Å². The van der Waals surface area contributed by atoms with Gasteiger partial charge in [0.1, 0.15) is 0 Å². The maximum Gasteiger partial charge on any atom is 1.00 e. The average Bonchev–Trinajstić information content (AvgIpc) is 1.69. The molecule has 1 aliphatic carbocycles. The summed E-state index contributed by atoms with van der Waals surface area (Å²) in [5, 5.41) is 0. The van der Waals surface area contributed by atoms with Gasteiger partial charge in [0.25, 0.3) is 0 Å². The second-order valence-corrected chi connectivity index (χ2v) is 3.80. The van der Waals surface area contributed by atoms with Crippen LogP contribution in [0.2, 0.25) is 0 Å². The van der Waals surface area contributed by atoms with Crippen LogP contribution in [0.5, 0.6) is 0 Å². The third-order valence-corrected chi connectivity index (χ3v) is 2.61. The fourth-order valence-electron chi connectivity index (χ4n) is 0.886. The van der Waals surface area contributed by atoms with Crippen molar-refractivity contribution in [1.29, 1.82) is 0 Å². The molecule has 0 aromatic rings. The van der Waals surface area contributed by atoms with Crippen LogP contribution in [0.3, 0.4) is 0 Å². The molecule has 2 heteroatoms. The summed E-state index contributed by atoms with van der Waals surface area (Å²) >= 11 is 2.54. The third kappa shape index (κ3) is 4.37. The number of hydrogen-bond donors (Lipinski definition) is 0. The molecule has 0 bridgehead atoms. The zero-order chi connectivity index (χ0) is 5.11. The van der Waals surface area contributed by atoms with Crippen molar-refractivity contribution in [2.45, 2.75) is 29.6 Å². The van der Waals surface area contributed by atoms with Gasteiger partial charge in [-0.2, -0.15) is 12.8 Å². The largest absolute Gasteiger partial charge is 1.00 e. The molecule has 42 valence electrons. The molecule has 0 aliphatic heterocycles. The number of rotatable bonds is 0. The van der Waals surface area contributed by atoms with Crippen LogP contribution in [0.15, 0.2) is 0 Å². The Kier molecular flexibility index (Phi) is 8.24. The molecule has 0 spiro atoms. The molecule has 0 aromatic carbocycles. The second kappa shape index (κ2) is 6.26. The van der Waals surface area contributed by atoms with Gasteiger partial charge in [-0.25, -0.2) is 0 Å². The summed E-state index contributed by atoms with van der Waals surface area (Å²) < 4.78 is 0.975. The molecular formula is C6H10IRb. The van der Waals surface area contributed by atoms with Gasteiger partial charge < -0.3 is 6.42 Å². The van der Waals surface area contributed by atoms with Crippen molar-refractivity contribution in [3.05, 3.63) is 6.42 Å². The first-order valence-corrected chi connectivity index (χ1v) is 4.10. The van der Waals surface area contributed by atoms with Gasteiger partial charge in [-0.05, 0) is 0 Å². The predicted octanol–water partition coefficient (Wildman–Crippen LogP) is -0.428. The molecule has 0 nitrogen and oxygen atoms in total. The Morgan fingerprint density at radius 1 is 1.25 bits per heavy atom. The zero-order valence-electron chi connectivity index (χ0n) is 5.36. The monoisotopic (exact) mass is 294 g/mol. The molecule has 1 aliphatic rings. The summed E-state index contributed by atoms with van der Waals surface area (Å²) in [5.41, 5.74) is 0. The topological polar surface area (TPSA) is 0 Å². The van der Waals surface area contributed by atoms with E-state index in [0.717, 1.165) is 3.92 Å². The maximum absolute atomic E-state index is 2.54. The van der Waals surface area contributed by atoms with Gasteiger partial charge in [-0.3, -0.25) is 0 Å². The van der Waals surface area contributed by atoms with Crippen molar-refractivity contribution in [2.24, 2.45) is 0 Å². The van der Waals surface area contributed by atoms with Crippen LogP contribution < -0.4 is 58.2 Å². The van der Waals surface area contributed by atoms with E-state index < -0.39 is 0 Å². The molecule has 1 fully saturated rings. The summed E-state index contributed by atoms with van der Waals surface area (Å²) in [5.74, 6) is 0. The molecule has 0 N–H and O–H groups in total. The van der Waals surface area contributed by atoms with E-state index in [4.69, 9.17) is 0 Å². The van der Waals surface area contributed by atoms with Gasteiger partial charge in [-0.1, -0.05) is 35.4 Å². The third-order valence-electron chi connectivity index (χ3n) is 1.37. The Bertz CT molecular complexity index is 50.5. The minimum Gasteiger partial charge on any atom is -0.328 e. The van der Waals surface area contributed by atoms with Gasteiger partial charge in [0, 0.05) is 3.92 Å². The molecule has 0 aromatic heterocycles. The summed E-state index contributed by atoms with van der Waals surface area (Å²) in [6, 6.07) is 0. The first-order valence-electron chi connectivity index (χ1n) is 2.85. The van der Waals surface area contributed by atoms with Crippen molar-refractivity contribution in [3.63, 3.8) is 0 Å². The summed E-state index contributed by atoms with van der Waals surface area (Å²) in [6.07, 6.45) is 7.94. The molecule has 0 atom stereocenters. The van der Waals surface area contributed by atoms with E-state index >= 15 is 0 Å². The predicted molar refractivity (Wildman–Crippen MR) is 40.6 cm³/mol. The van der Waals surface area contributed by atoms with E-state index in [0.29, 0.717) is 0 Å². The fraction of sp³-hybridized carbons (Fsp3) is 0.833. The Balaban J connectivity index is 0.000000490. The molecule has 0 unspecified atom stereocenters. The summed E-state index contributed by atoms with van der Waals surface area (Å²) in [6.45, 7) is 0. The first-order chi connectivity index (χ1) is 3.39. The van der Waals surface area contributed by atoms with Crippen LogP contribution in [0.1, 0.15) is 25.7 Å². The first kappa shape index (κ1) is 10.5. The van der Waals surface area contributed by atoms with Gasteiger partial charge in [0.2, 0.25) is 0 Å². The second-order valence-electron chi connectivity index (χ2n) is 2.04. The number of halogens is 1. The minimum atomic E-state index is 0. The molecule has 1 saturated carbocycles. The van der Waals surface area contributed by atoms with Gasteiger partial charge in [0.15, 0.2) is 0 Å². The molecule has 0 heterocycles. The van der Waals surface area contributed by atoms with Crippen LogP contribution >= 0.6 is 22.6 Å². The van der Waals surface area contributed by atoms with Crippen molar-refractivity contribution < 1.29 is 58.2 Å². The summed E-state index contributed by atoms with van der Waals surface area (Å²) in [7, 11) is 0. The van der Waals surface area contributed by atoms with Crippen LogP contribution in [0.4, 0.5) is 0 Å². The number of hydrogen-bond acceptors (Lipinski definition) is 0. The Morgan fingerprint density at radius 3 is 2.00 bits per heavy atom. The molecule has 0 radical (unpaired) electrons. The van der Waals surface area contributed by atoms with Crippen molar-refractivity contribution in [2.75, 3.05) is 0 Å². The van der Waals surface area contributed by atoms with E-state index in [-0.39, 0.29) is 58.2 Å². The maximum atomic E-state index is 2.54. The summed E-state index contributed by atoms with van der Waals surface area (Å²) in [4.78, 5) is 0. The van der Waals surface area contributed by atoms with Gasteiger partial charge in [-0.15, -0.1) is 0 Å². The van der Waals surface area contributed by atoms with E-state index in [2.05, 4.69) is 29.0 Å². The zero-order valence-corrected chi connectivity index (χ0v) is 12.4. The molecular weight excluding hydrogens is 284 g/mol. The fourth-order valence-corrected chi connectivity index (χ4v) is 1.61. The molecule has 0 saturated heterocycles. The SMILES string of the molecule is IC1CC[CH-]CC1.[Rb+]. The Labute approximate surface area is 114 Å². The van der Waals surface area contributed by atoms with Crippen molar-refractivity contribution >= 4 is 22.6 Å². The van der Waals surface area contributed by atoms with Crippen molar-refractivity contribution in [1.82, 2.24) is 0 Å². The quantitative estimate of drug-likeness (QED) is 0.323. The van der Waals surface area contributed by atoms with Crippen LogP contribution in [-0.2, 0) is 0 Å². The van der Waals surface area contributed by atoms with E-state index in [1.807, 2.05) is 0 Å². The van der Waals surface area contributed by atoms with E-state index in [9.17, 15) is 0 Å². The Hall–Kier alpha value is 2.54. The Morgan fingerprint density at radius 2 is 1.75 bits per heavy atom. The van der Waals surface area contributed by atoms with Crippen LogP contribution in [0, 0.1) is 6.42 Å². The minimum absolute atomic E-state index is 0. The average molecular weight is 295 g/mol. The smallest absolute Gasteiger partial charge is 0.328 e. The molecule has 8 heavy (non-hydrogen) atoms. The van der Waals surface area contributed by atoms with E-state index in [1.54, 1.807) is 0 Å². The normalized spacial score (nSPS) is 22.1. The molecule has 1 rings (SSSR count).